The van der Waals surface area contributed by atoms with E-state index in [9.17, 15) is 0 Å². The molecule has 0 bridgehead atoms. The van der Waals surface area contributed by atoms with Crippen LogP contribution in [0.2, 0.25) is 5.02 Å². The van der Waals surface area contributed by atoms with Crippen LogP contribution in [0.4, 0.5) is 0 Å². The van der Waals surface area contributed by atoms with E-state index < -0.39 is 0 Å². The lowest BCUT2D eigenvalue weighted by Crippen LogP contribution is -1.97. The fraction of sp³-hybridized carbons (Fsp3) is 0.143. The molecule has 0 N–H and O–H groups in total. The second-order valence-corrected chi connectivity index (χ2v) is 4.72. The number of hydrogen-bond acceptors (Lipinski definition) is 2. The third-order valence-corrected chi connectivity index (χ3v) is 3.31. The van der Waals surface area contributed by atoms with Gasteiger partial charge >= 0.3 is 0 Å². The molecule has 3 nitrogen and oxygen atoms in total. The Morgan fingerprint density at radius 2 is 2.00 bits per heavy atom. The highest BCUT2D eigenvalue weighted by Crippen LogP contribution is 2.18. The zero-order chi connectivity index (χ0) is 12.5. The minimum absolute atomic E-state index is 0.684. The van der Waals surface area contributed by atoms with Crippen molar-refractivity contribution in [2.24, 2.45) is 0 Å². The smallest absolute Gasteiger partial charge is 0.161 e. The van der Waals surface area contributed by atoms with Gasteiger partial charge in [-0.05, 0) is 36.2 Å². The number of pyridine rings is 1. The lowest BCUT2D eigenvalue weighted by molar-refractivity contribution is 0.934. The summed E-state index contributed by atoms with van der Waals surface area (Å²) in [5.41, 5.74) is 3.12. The molecule has 4 heteroatoms. The highest BCUT2D eigenvalue weighted by atomic mass is 35.5. The molecule has 0 aliphatic rings. The van der Waals surface area contributed by atoms with E-state index in [-0.39, 0.29) is 0 Å². The topological polar surface area (TPSA) is 30.2 Å². The molecule has 18 heavy (non-hydrogen) atoms. The number of aromatic nitrogens is 3. The van der Waals surface area contributed by atoms with E-state index in [1.807, 2.05) is 53.9 Å². The van der Waals surface area contributed by atoms with Crippen molar-refractivity contribution in [3.63, 3.8) is 0 Å². The summed E-state index contributed by atoms with van der Waals surface area (Å²) in [5.74, 6) is 0.901. The Morgan fingerprint density at radius 3 is 2.83 bits per heavy atom. The van der Waals surface area contributed by atoms with Crippen molar-refractivity contribution in [2.75, 3.05) is 0 Å². The lowest BCUT2D eigenvalue weighted by atomic mass is 10.1. The number of aryl methyl sites for hydroxylation is 1. The van der Waals surface area contributed by atoms with Crippen LogP contribution in [-0.4, -0.2) is 14.6 Å². The molecule has 0 saturated heterocycles. The SMILES string of the molecule is Cc1ccn2c(Cc3ccccc3Cl)nnc2c1. The summed E-state index contributed by atoms with van der Waals surface area (Å²) < 4.78 is 2.00. The van der Waals surface area contributed by atoms with Gasteiger partial charge in [0.25, 0.3) is 0 Å². The van der Waals surface area contributed by atoms with Crippen LogP contribution in [0, 0.1) is 6.92 Å². The van der Waals surface area contributed by atoms with Crippen LogP contribution in [0.25, 0.3) is 5.65 Å². The van der Waals surface area contributed by atoms with Crippen LogP contribution in [0.1, 0.15) is 17.0 Å². The Bertz CT molecular complexity index is 703. The van der Waals surface area contributed by atoms with Gasteiger partial charge in [0.2, 0.25) is 0 Å². The highest BCUT2D eigenvalue weighted by Gasteiger charge is 2.08. The van der Waals surface area contributed by atoms with Gasteiger partial charge in [-0.15, -0.1) is 10.2 Å². The van der Waals surface area contributed by atoms with Crippen molar-refractivity contribution in [1.82, 2.24) is 14.6 Å². The van der Waals surface area contributed by atoms with Crippen LogP contribution in [0.3, 0.4) is 0 Å². The van der Waals surface area contributed by atoms with Crippen molar-refractivity contribution in [2.45, 2.75) is 13.3 Å². The van der Waals surface area contributed by atoms with Crippen molar-refractivity contribution in [1.29, 1.82) is 0 Å². The predicted molar refractivity (Wildman–Crippen MR) is 72.0 cm³/mol. The quantitative estimate of drug-likeness (QED) is 0.705. The van der Waals surface area contributed by atoms with Gasteiger partial charge < -0.3 is 0 Å². The zero-order valence-electron chi connectivity index (χ0n) is 9.97. The lowest BCUT2D eigenvalue weighted by Gasteiger charge is -2.03. The van der Waals surface area contributed by atoms with Gasteiger partial charge in [0.1, 0.15) is 5.82 Å². The minimum atomic E-state index is 0.684. The first-order valence-corrected chi connectivity index (χ1v) is 6.15. The van der Waals surface area contributed by atoms with Crippen molar-refractivity contribution in [3.05, 3.63) is 64.6 Å². The average molecular weight is 258 g/mol. The molecule has 2 aromatic heterocycles. The van der Waals surface area contributed by atoms with Crippen LogP contribution in [0.15, 0.2) is 42.6 Å². The molecule has 0 radical (unpaired) electrons. The second-order valence-electron chi connectivity index (χ2n) is 4.32. The summed E-state index contributed by atoms with van der Waals surface area (Å²) >= 11 is 6.16. The van der Waals surface area contributed by atoms with Gasteiger partial charge in [0, 0.05) is 17.6 Å². The number of nitrogens with zero attached hydrogens (tertiary/aromatic N) is 3. The molecule has 0 fully saturated rings. The number of fused-ring (bicyclic) bond motifs is 1. The first kappa shape index (κ1) is 11.2. The van der Waals surface area contributed by atoms with Crippen LogP contribution < -0.4 is 0 Å². The van der Waals surface area contributed by atoms with Gasteiger partial charge in [-0.1, -0.05) is 29.8 Å². The Morgan fingerprint density at radius 1 is 1.17 bits per heavy atom. The Kier molecular flexibility index (Phi) is 2.76. The molecule has 0 unspecified atom stereocenters. The Hall–Kier alpha value is -1.87. The summed E-state index contributed by atoms with van der Waals surface area (Å²) in [6, 6.07) is 11.9. The Balaban J connectivity index is 2.03. The first-order chi connectivity index (χ1) is 8.74. The van der Waals surface area contributed by atoms with Gasteiger partial charge in [0.05, 0.1) is 0 Å². The fourth-order valence-corrected chi connectivity index (χ4v) is 2.18. The molecule has 0 aliphatic carbocycles. The predicted octanol–water partition coefficient (Wildman–Crippen LogP) is 3.28. The minimum Gasteiger partial charge on any atom is -0.286 e. The largest absolute Gasteiger partial charge is 0.286 e. The van der Waals surface area contributed by atoms with E-state index in [2.05, 4.69) is 10.2 Å². The van der Waals surface area contributed by atoms with Crippen LogP contribution in [0.5, 0.6) is 0 Å². The van der Waals surface area contributed by atoms with Gasteiger partial charge in [-0.2, -0.15) is 0 Å². The third kappa shape index (κ3) is 1.97. The molecule has 0 atom stereocenters. The molecular weight excluding hydrogens is 246 g/mol. The van der Waals surface area contributed by atoms with E-state index in [4.69, 9.17) is 11.6 Å². The number of hydrogen-bond donors (Lipinski definition) is 0. The Labute approximate surface area is 110 Å². The van der Waals surface area contributed by atoms with Crippen molar-refractivity contribution < 1.29 is 0 Å². The molecule has 3 aromatic rings. The molecule has 0 aliphatic heterocycles. The third-order valence-electron chi connectivity index (χ3n) is 2.94. The first-order valence-electron chi connectivity index (χ1n) is 5.78. The highest BCUT2D eigenvalue weighted by molar-refractivity contribution is 6.31. The molecule has 2 heterocycles. The van der Waals surface area contributed by atoms with Gasteiger partial charge in [0.15, 0.2) is 5.65 Å². The summed E-state index contributed by atoms with van der Waals surface area (Å²) in [7, 11) is 0. The molecule has 1 aromatic carbocycles. The summed E-state index contributed by atoms with van der Waals surface area (Å²) in [6.07, 6.45) is 2.68. The summed E-state index contributed by atoms with van der Waals surface area (Å²) in [5, 5.41) is 9.17. The summed E-state index contributed by atoms with van der Waals surface area (Å²) in [4.78, 5) is 0. The maximum absolute atomic E-state index is 6.16. The number of rotatable bonds is 2. The molecule has 0 saturated carbocycles. The fourth-order valence-electron chi connectivity index (χ4n) is 1.97. The van der Waals surface area contributed by atoms with Gasteiger partial charge in [-0.3, -0.25) is 4.40 Å². The molecular formula is C14H12ClN3. The average Bonchev–Trinajstić information content (AvgIpc) is 2.74. The van der Waals surface area contributed by atoms with Gasteiger partial charge in [-0.25, -0.2) is 0 Å². The summed E-state index contributed by atoms with van der Waals surface area (Å²) in [6.45, 7) is 2.04. The van der Waals surface area contributed by atoms with Crippen LogP contribution in [-0.2, 0) is 6.42 Å². The van der Waals surface area contributed by atoms with E-state index in [1.165, 1.54) is 5.56 Å². The van der Waals surface area contributed by atoms with Crippen molar-refractivity contribution in [3.8, 4) is 0 Å². The second kappa shape index (κ2) is 4.42. The molecule has 0 spiro atoms. The maximum Gasteiger partial charge on any atom is 0.161 e. The van der Waals surface area contributed by atoms with E-state index in [0.717, 1.165) is 22.1 Å². The molecule has 3 rings (SSSR count). The number of halogens is 1. The zero-order valence-corrected chi connectivity index (χ0v) is 10.7. The van der Waals surface area contributed by atoms with E-state index >= 15 is 0 Å². The normalized spacial score (nSPS) is 11.0. The van der Waals surface area contributed by atoms with Crippen LogP contribution >= 0.6 is 11.6 Å². The monoisotopic (exact) mass is 257 g/mol. The number of benzene rings is 1. The van der Waals surface area contributed by atoms with E-state index in [0.29, 0.717) is 6.42 Å². The molecule has 90 valence electrons. The maximum atomic E-state index is 6.16. The van der Waals surface area contributed by atoms with Crippen molar-refractivity contribution >= 4 is 17.2 Å². The standard InChI is InChI=1S/C14H12ClN3/c1-10-6-7-18-13(8-10)16-17-14(18)9-11-4-2-3-5-12(11)15/h2-8H,9H2,1H3. The van der Waals surface area contributed by atoms with E-state index in [1.54, 1.807) is 0 Å². The molecule has 0 amide bonds.